The molecule has 0 fully saturated rings. The van der Waals surface area contributed by atoms with Gasteiger partial charge in [-0.05, 0) is 66.2 Å². The molecule has 0 amide bonds. The van der Waals surface area contributed by atoms with Gasteiger partial charge in [0.25, 0.3) is 0 Å². The third-order valence-corrected chi connectivity index (χ3v) is 13.4. The van der Waals surface area contributed by atoms with E-state index in [2.05, 4.69) is 119 Å². The first-order chi connectivity index (χ1) is 33.7. The van der Waals surface area contributed by atoms with E-state index in [4.69, 9.17) is 15.5 Å². The predicted molar refractivity (Wildman–Crippen MR) is 265 cm³/mol. The van der Waals surface area contributed by atoms with Gasteiger partial charge in [-0.15, -0.1) is 11.3 Å². The summed E-state index contributed by atoms with van der Waals surface area (Å²) < 4.78 is 60.5. The summed E-state index contributed by atoms with van der Waals surface area (Å²) in [5.41, 5.74) is 8.66. The van der Waals surface area contributed by atoms with Crippen LogP contribution in [0.1, 0.15) is 31.1 Å². The highest BCUT2D eigenvalue weighted by molar-refractivity contribution is 7.26. The minimum Gasteiger partial charge on any atom is -0.344 e. The third-order valence-electron chi connectivity index (χ3n) is 12.1. The number of nitrogens with one attached hydrogen (secondary N) is 1. The van der Waals surface area contributed by atoms with Gasteiger partial charge in [0, 0.05) is 69.7 Å². The Kier molecular flexibility index (Phi) is 6.80. The van der Waals surface area contributed by atoms with Gasteiger partial charge in [0.05, 0.1) is 36.0 Å². The van der Waals surface area contributed by atoms with Crippen LogP contribution in [0, 0.1) is 0 Å². The molecule has 3 aromatic heterocycles. The monoisotopic (exact) mass is 829 g/mol. The molecule has 0 radical (unpaired) electrons. The van der Waals surface area contributed by atoms with Crippen LogP contribution in [0.4, 0.5) is 0 Å². The van der Waals surface area contributed by atoms with Crippen molar-refractivity contribution in [3.05, 3.63) is 229 Å². The standard InChI is InChI=1S/C57H37N5S/c1-3-17-36(18-4-1)55-58-56(60-57(59-55)45-27-16-31-51-53(45)44-24-9-13-30-49(44)61(51)38-19-5-2-6-20-38)37-33-34-50(62-47-28-11-7-21-39(47)40-22-8-12-29-48(40)62)46(35-37)43-26-15-25-42-41-23-10-14-32-52(41)63-54(42)43/h1-35,55H,(H,58,59,60)/i7D,8D,21D,22D,28D,29D. The molecule has 4 heterocycles. The summed E-state index contributed by atoms with van der Waals surface area (Å²) in [6.07, 6.45) is -0.501. The first kappa shape index (κ1) is 30.0. The van der Waals surface area contributed by atoms with Gasteiger partial charge in [-0.1, -0.05) is 152 Å². The summed E-state index contributed by atoms with van der Waals surface area (Å²) in [6.45, 7) is 0. The zero-order valence-electron chi connectivity index (χ0n) is 39.5. The molecule has 1 aliphatic rings. The van der Waals surface area contributed by atoms with Crippen molar-refractivity contribution in [1.82, 2.24) is 14.5 Å². The normalized spacial score (nSPS) is 15.5. The molecule has 0 saturated heterocycles. The Labute approximate surface area is 375 Å². The van der Waals surface area contributed by atoms with E-state index < -0.39 is 6.17 Å². The second kappa shape index (κ2) is 14.3. The molecule has 1 aliphatic heterocycles. The highest BCUT2D eigenvalue weighted by atomic mass is 32.1. The molecule has 1 atom stereocenters. The van der Waals surface area contributed by atoms with Crippen LogP contribution < -0.4 is 5.32 Å². The van der Waals surface area contributed by atoms with Gasteiger partial charge in [0.2, 0.25) is 0 Å². The van der Waals surface area contributed by atoms with Crippen LogP contribution in [0.2, 0.25) is 0 Å². The van der Waals surface area contributed by atoms with Crippen LogP contribution >= 0.6 is 11.3 Å². The predicted octanol–water partition coefficient (Wildman–Crippen LogP) is 14.4. The Bertz CT molecular complexity index is 4120. The largest absolute Gasteiger partial charge is 0.344 e. The van der Waals surface area contributed by atoms with Gasteiger partial charge in [-0.25, -0.2) is 9.98 Å². The number of aromatic nitrogens is 2. The summed E-state index contributed by atoms with van der Waals surface area (Å²) in [6, 6.07) is 57.9. The van der Waals surface area contributed by atoms with Gasteiger partial charge in [0.15, 0.2) is 5.84 Å². The summed E-state index contributed by atoms with van der Waals surface area (Å²) in [4.78, 5) is 10.8. The van der Waals surface area contributed by atoms with Crippen LogP contribution in [-0.4, -0.2) is 20.8 Å². The molecule has 12 aromatic rings. The minimum absolute atomic E-state index is 0.0182. The molecular weight excluding hydrogens is 787 g/mol. The first-order valence-electron chi connectivity index (χ1n) is 23.9. The van der Waals surface area contributed by atoms with Crippen LogP contribution in [0.5, 0.6) is 0 Å². The zero-order chi connectivity index (χ0) is 46.7. The van der Waals surface area contributed by atoms with E-state index in [0.29, 0.717) is 28.4 Å². The second-order valence-corrected chi connectivity index (χ2v) is 16.7. The molecular formula is C57H37N5S. The van der Waals surface area contributed by atoms with Crippen LogP contribution in [0.15, 0.2) is 222 Å². The highest BCUT2D eigenvalue weighted by Gasteiger charge is 2.26. The van der Waals surface area contributed by atoms with E-state index in [9.17, 15) is 2.74 Å². The van der Waals surface area contributed by atoms with Crippen molar-refractivity contribution in [2.45, 2.75) is 6.17 Å². The van der Waals surface area contributed by atoms with Crippen LogP contribution in [-0.2, 0) is 0 Å². The Morgan fingerprint density at radius 3 is 1.98 bits per heavy atom. The fourth-order valence-corrected chi connectivity index (χ4v) is 10.6. The highest BCUT2D eigenvalue weighted by Crippen LogP contribution is 2.44. The van der Waals surface area contributed by atoms with E-state index in [1.807, 2.05) is 54.6 Å². The maximum absolute atomic E-state index is 9.33. The number of rotatable bonds is 6. The van der Waals surface area contributed by atoms with Crippen molar-refractivity contribution in [2.24, 2.45) is 9.98 Å². The van der Waals surface area contributed by atoms with Gasteiger partial charge in [0.1, 0.15) is 12.0 Å². The van der Waals surface area contributed by atoms with Crippen molar-refractivity contribution in [1.29, 1.82) is 0 Å². The van der Waals surface area contributed by atoms with Crippen molar-refractivity contribution >= 4 is 86.8 Å². The SMILES string of the molecule is [2H]c1cc([2H])c2c(c1[2H])c1c([2H])c([2H])cc([2H])c1n2-c1ccc(C2=NC(c3cccc4c3c3ccccc3n4-c3ccccc3)=NC(c3ccccc3)N2)cc1-c1cccc2c1sc1ccccc12. The van der Waals surface area contributed by atoms with Gasteiger partial charge >= 0.3 is 0 Å². The Morgan fingerprint density at radius 2 is 1.17 bits per heavy atom. The average Bonchev–Trinajstić information content (AvgIpc) is 4.07. The lowest BCUT2D eigenvalue weighted by Gasteiger charge is -2.25. The molecule has 13 rings (SSSR count). The Hall–Kier alpha value is -8.06. The lowest BCUT2D eigenvalue weighted by Crippen LogP contribution is -2.33. The number of hydrogen-bond acceptors (Lipinski definition) is 4. The van der Waals surface area contributed by atoms with E-state index in [0.717, 1.165) is 75.5 Å². The molecule has 0 bridgehead atoms. The minimum atomic E-state index is -0.501. The van der Waals surface area contributed by atoms with Crippen molar-refractivity contribution in [2.75, 3.05) is 0 Å². The van der Waals surface area contributed by atoms with E-state index in [1.165, 1.54) is 12.1 Å². The Morgan fingerprint density at radius 1 is 0.508 bits per heavy atom. The van der Waals surface area contributed by atoms with Gasteiger partial charge in [-0.2, -0.15) is 0 Å². The topological polar surface area (TPSA) is 46.6 Å². The van der Waals surface area contributed by atoms with Gasteiger partial charge in [-0.3, -0.25) is 0 Å². The number of benzene rings is 9. The molecule has 9 aromatic carbocycles. The zero-order valence-corrected chi connectivity index (χ0v) is 34.3. The number of thiophene rings is 1. The number of fused-ring (bicyclic) bond motifs is 9. The molecule has 5 nitrogen and oxygen atoms in total. The molecule has 1 N–H and O–H groups in total. The van der Waals surface area contributed by atoms with Crippen LogP contribution in [0.25, 0.3) is 86.3 Å². The average molecular weight is 830 g/mol. The lowest BCUT2D eigenvalue weighted by atomic mass is 9.97. The van der Waals surface area contributed by atoms with Gasteiger partial charge < -0.3 is 14.5 Å². The molecule has 296 valence electrons. The summed E-state index contributed by atoms with van der Waals surface area (Å²) in [5.74, 6) is 1.16. The number of para-hydroxylation sites is 4. The molecule has 0 saturated carbocycles. The van der Waals surface area contributed by atoms with Crippen molar-refractivity contribution in [3.8, 4) is 22.5 Å². The molecule has 0 aliphatic carbocycles. The first-order valence-corrected chi connectivity index (χ1v) is 21.7. The maximum Gasteiger partial charge on any atom is 0.160 e. The molecule has 0 spiro atoms. The summed E-state index contributed by atoms with van der Waals surface area (Å²) in [7, 11) is 0. The van der Waals surface area contributed by atoms with E-state index >= 15 is 0 Å². The number of nitrogens with zero attached hydrogens (tertiary/aromatic N) is 4. The number of amidine groups is 2. The number of aliphatic imine (C=N–C) groups is 2. The Balaban J connectivity index is 1.10. The van der Waals surface area contributed by atoms with Crippen molar-refractivity contribution < 1.29 is 8.22 Å². The second-order valence-electron chi connectivity index (χ2n) is 15.7. The maximum atomic E-state index is 9.33. The summed E-state index contributed by atoms with van der Waals surface area (Å²) in [5, 5.41) is 8.45. The van der Waals surface area contributed by atoms with Crippen LogP contribution in [0.3, 0.4) is 0 Å². The quantitative estimate of drug-likeness (QED) is 0.178. The fourth-order valence-electron chi connectivity index (χ4n) is 9.39. The van der Waals surface area contributed by atoms with Crippen molar-refractivity contribution in [3.63, 3.8) is 0 Å². The van der Waals surface area contributed by atoms with E-state index in [1.54, 1.807) is 15.9 Å². The third kappa shape index (κ3) is 5.62. The smallest absolute Gasteiger partial charge is 0.160 e. The molecule has 63 heavy (non-hydrogen) atoms. The fraction of sp³-hybridized carbons (Fsp3) is 0.0175. The molecule has 6 heteroatoms. The van der Waals surface area contributed by atoms with E-state index in [-0.39, 0.29) is 47.0 Å². The lowest BCUT2D eigenvalue weighted by molar-refractivity contribution is 0.674. The number of hydrogen-bond donors (Lipinski definition) is 1. The molecule has 1 unspecified atom stereocenters. The summed E-state index contributed by atoms with van der Waals surface area (Å²) >= 11 is 1.69.